The van der Waals surface area contributed by atoms with Gasteiger partial charge in [0.1, 0.15) is 5.69 Å². The first-order valence-corrected chi connectivity index (χ1v) is 8.68. The van der Waals surface area contributed by atoms with Crippen molar-refractivity contribution >= 4 is 23.1 Å². The maximum atomic E-state index is 12.0. The molecule has 0 bridgehead atoms. The molecule has 0 atom stereocenters. The molecule has 0 saturated heterocycles. The van der Waals surface area contributed by atoms with Gasteiger partial charge in [-0.05, 0) is 54.6 Å². The van der Waals surface area contributed by atoms with Gasteiger partial charge in [0.2, 0.25) is 0 Å². The Balaban J connectivity index is 1.48. The summed E-state index contributed by atoms with van der Waals surface area (Å²) < 4.78 is 1.84. The van der Waals surface area contributed by atoms with E-state index < -0.39 is 0 Å². The number of carbonyl (C=O) groups is 1. The van der Waals surface area contributed by atoms with Crippen LogP contribution in [0.3, 0.4) is 0 Å². The van der Waals surface area contributed by atoms with Gasteiger partial charge in [-0.15, -0.1) is 11.3 Å². The minimum absolute atomic E-state index is 0.203. The predicted octanol–water partition coefficient (Wildman–Crippen LogP) is 4.05. The molecule has 5 nitrogen and oxygen atoms in total. The molecule has 2 heterocycles. The maximum absolute atomic E-state index is 12.0. The Morgan fingerprint density at radius 2 is 2.00 bits per heavy atom. The maximum Gasteiger partial charge on any atom is 0.319 e. The van der Waals surface area contributed by atoms with Crippen molar-refractivity contribution in [1.29, 1.82) is 0 Å². The lowest BCUT2D eigenvalue weighted by Crippen LogP contribution is -2.31. The number of carbonyl (C=O) groups excluding carboxylic acids is 1. The number of benzene rings is 1. The molecular weight excluding hydrogens is 320 g/mol. The first-order valence-electron chi connectivity index (χ1n) is 7.80. The highest BCUT2D eigenvalue weighted by Crippen LogP contribution is 2.22. The van der Waals surface area contributed by atoms with E-state index in [0.29, 0.717) is 13.1 Å². The molecule has 0 fully saturated rings. The van der Waals surface area contributed by atoms with E-state index in [2.05, 4.69) is 21.8 Å². The van der Waals surface area contributed by atoms with Gasteiger partial charge in [-0.1, -0.05) is 12.1 Å². The number of aryl methyl sites for hydroxylation is 2. The van der Waals surface area contributed by atoms with Crippen LogP contribution in [0.25, 0.3) is 10.6 Å². The summed E-state index contributed by atoms with van der Waals surface area (Å²) in [6.07, 6.45) is 1.93. The SMILES string of the molecule is Cc1cc(C)cc(NC(=O)NCCn2ccc(-c3cccs3)n2)c1. The quantitative estimate of drug-likeness (QED) is 0.736. The minimum Gasteiger partial charge on any atom is -0.336 e. The van der Waals surface area contributed by atoms with Crippen LogP contribution in [-0.2, 0) is 6.54 Å². The highest BCUT2D eigenvalue weighted by molar-refractivity contribution is 7.13. The van der Waals surface area contributed by atoms with Gasteiger partial charge in [0.15, 0.2) is 0 Å². The van der Waals surface area contributed by atoms with Crippen LogP contribution in [0.5, 0.6) is 0 Å². The lowest BCUT2D eigenvalue weighted by atomic mass is 10.1. The largest absolute Gasteiger partial charge is 0.336 e. The van der Waals surface area contributed by atoms with Crippen LogP contribution in [0.2, 0.25) is 0 Å². The smallest absolute Gasteiger partial charge is 0.319 e. The molecule has 3 aromatic rings. The predicted molar refractivity (Wildman–Crippen MR) is 98.5 cm³/mol. The first kappa shape index (κ1) is 16.3. The van der Waals surface area contributed by atoms with E-state index in [-0.39, 0.29) is 6.03 Å². The number of anilines is 1. The van der Waals surface area contributed by atoms with Crippen LogP contribution in [0, 0.1) is 13.8 Å². The van der Waals surface area contributed by atoms with Crippen LogP contribution in [-0.4, -0.2) is 22.4 Å². The number of amides is 2. The second-order valence-corrected chi connectivity index (χ2v) is 6.65. The molecule has 0 radical (unpaired) electrons. The van der Waals surface area contributed by atoms with E-state index in [1.165, 1.54) is 0 Å². The van der Waals surface area contributed by atoms with Gasteiger partial charge in [-0.2, -0.15) is 5.10 Å². The van der Waals surface area contributed by atoms with E-state index in [0.717, 1.165) is 27.4 Å². The second-order valence-electron chi connectivity index (χ2n) is 5.70. The molecule has 0 spiro atoms. The third-order valence-electron chi connectivity index (χ3n) is 3.52. The fraction of sp³-hybridized carbons (Fsp3) is 0.222. The summed E-state index contributed by atoms with van der Waals surface area (Å²) in [5.41, 5.74) is 4.03. The van der Waals surface area contributed by atoms with Crippen LogP contribution in [0.4, 0.5) is 10.5 Å². The first-order chi connectivity index (χ1) is 11.6. The summed E-state index contributed by atoms with van der Waals surface area (Å²) in [6, 6.07) is 11.8. The Hall–Kier alpha value is -2.60. The number of rotatable bonds is 5. The van der Waals surface area contributed by atoms with Gasteiger partial charge < -0.3 is 10.6 Å². The Bertz CT molecular complexity index is 803. The summed E-state index contributed by atoms with van der Waals surface area (Å²) in [4.78, 5) is 13.1. The van der Waals surface area contributed by atoms with Crippen molar-refractivity contribution in [1.82, 2.24) is 15.1 Å². The average molecular weight is 340 g/mol. The van der Waals surface area contributed by atoms with E-state index in [4.69, 9.17) is 0 Å². The van der Waals surface area contributed by atoms with Gasteiger partial charge in [-0.3, -0.25) is 4.68 Å². The Labute approximate surface area is 145 Å². The van der Waals surface area contributed by atoms with Crippen LogP contribution < -0.4 is 10.6 Å². The standard InChI is InChI=1S/C18H20N4OS/c1-13-10-14(2)12-15(11-13)20-18(23)19-6-8-22-7-5-16(21-22)17-4-3-9-24-17/h3-5,7,9-12H,6,8H2,1-2H3,(H2,19,20,23). The lowest BCUT2D eigenvalue weighted by Gasteiger charge is -2.09. The number of urea groups is 1. The van der Waals surface area contributed by atoms with E-state index in [1.807, 2.05) is 60.4 Å². The number of nitrogens with one attached hydrogen (secondary N) is 2. The summed E-state index contributed by atoms with van der Waals surface area (Å²) in [7, 11) is 0. The summed E-state index contributed by atoms with van der Waals surface area (Å²) in [5, 5.41) is 12.3. The number of thiophene rings is 1. The molecule has 0 aliphatic carbocycles. The molecule has 6 heteroatoms. The third kappa shape index (κ3) is 4.23. The minimum atomic E-state index is -0.203. The van der Waals surface area contributed by atoms with Crippen LogP contribution in [0.1, 0.15) is 11.1 Å². The molecule has 0 unspecified atom stereocenters. The van der Waals surface area contributed by atoms with Crippen molar-refractivity contribution in [2.24, 2.45) is 0 Å². The zero-order valence-corrected chi connectivity index (χ0v) is 14.6. The zero-order chi connectivity index (χ0) is 16.9. The number of hydrogen-bond donors (Lipinski definition) is 2. The van der Waals surface area contributed by atoms with Crippen molar-refractivity contribution in [2.45, 2.75) is 20.4 Å². The molecule has 0 saturated carbocycles. The summed E-state index contributed by atoms with van der Waals surface area (Å²) in [6.45, 7) is 5.17. The molecule has 124 valence electrons. The van der Waals surface area contributed by atoms with E-state index in [1.54, 1.807) is 11.3 Å². The van der Waals surface area contributed by atoms with Crippen molar-refractivity contribution in [3.8, 4) is 10.6 Å². The Morgan fingerprint density at radius 3 is 2.71 bits per heavy atom. The molecule has 1 aromatic carbocycles. The molecular formula is C18H20N4OS. The monoisotopic (exact) mass is 340 g/mol. The number of nitrogens with zero attached hydrogens (tertiary/aromatic N) is 2. The molecule has 24 heavy (non-hydrogen) atoms. The molecule has 2 amide bonds. The average Bonchev–Trinajstić information content (AvgIpc) is 3.17. The van der Waals surface area contributed by atoms with Crippen LogP contribution in [0.15, 0.2) is 48.0 Å². The fourth-order valence-electron chi connectivity index (χ4n) is 2.55. The van der Waals surface area contributed by atoms with E-state index >= 15 is 0 Å². The highest BCUT2D eigenvalue weighted by Gasteiger charge is 2.05. The molecule has 0 aliphatic heterocycles. The molecule has 2 N–H and O–H groups in total. The normalized spacial score (nSPS) is 10.6. The molecule has 0 aliphatic rings. The van der Waals surface area contributed by atoms with Gasteiger partial charge in [0.25, 0.3) is 0 Å². The van der Waals surface area contributed by atoms with Crippen molar-refractivity contribution in [2.75, 3.05) is 11.9 Å². The Morgan fingerprint density at radius 1 is 1.21 bits per heavy atom. The van der Waals surface area contributed by atoms with Crippen LogP contribution >= 0.6 is 11.3 Å². The van der Waals surface area contributed by atoms with Gasteiger partial charge in [0, 0.05) is 18.4 Å². The number of aromatic nitrogens is 2. The van der Waals surface area contributed by atoms with Crippen molar-refractivity contribution in [3.05, 3.63) is 59.1 Å². The highest BCUT2D eigenvalue weighted by atomic mass is 32.1. The summed E-state index contributed by atoms with van der Waals surface area (Å²) in [5.74, 6) is 0. The lowest BCUT2D eigenvalue weighted by molar-refractivity contribution is 0.251. The fourth-order valence-corrected chi connectivity index (χ4v) is 3.24. The van der Waals surface area contributed by atoms with Crippen molar-refractivity contribution in [3.63, 3.8) is 0 Å². The van der Waals surface area contributed by atoms with Gasteiger partial charge in [-0.25, -0.2) is 4.79 Å². The molecule has 3 rings (SSSR count). The van der Waals surface area contributed by atoms with Gasteiger partial charge in [0.05, 0.1) is 11.4 Å². The summed E-state index contributed by atoms with van der Waals surface area (Å²) >= 11 is 1.67. The topological polar surface area (TPSA) is 59.0 Å². The van der Waals surface area contributed by atoms with Gasteiger partial charge >= 0.3 is 6.03 Å². The molecule has 2 aromatic heterocycles. The van der Waals surface area contributed by atoms with E-state index in [9.17, 15) is 4.79 Å². The van der Waals surface area contributed by atoms with Crippen molar-refractivity contribution < 1.29 is 4.79 Å². The number of hydrogen-bond acceptors (Lipinski definition) is 3. The zero-order valence-electron chi connectivity index (χ0n) is 13.7. The second kappa shape index (κ2) is 7.31. The third-order valence-corrected chi connectivity index (χ3v) is 4.41. The Kier molecular flexibility index (Phi) is 4.96.